The molecular formula is C30H26N6. The number of nitrogens with two attached hydrogens (primary N) is 1. The van der Waals surface area contributed by atoms with Gasteiger partial charge in [-0.1, -0.05) is 60.7 Å². The number of aromatic nitrogens is 5. The predicted molar refractivity (Wildman–Crippen MR) is 143 cm³/mol. The van der Waals surface area contributed by atoms with Crippen LogP contribution in [0.1, 0.15) is 30.5 Å². The molecule has 0 atom stereocenters. The Morgan fingerprint density at radius 3 is 2.36 bits per heavy atom. The minimum Gasteiger partial charge on any atom is -0.321 e. The van der Waals surface area contributed by atoms with E-state index in [1.807, 2.05) is 23.6 Å². The number of nitrogens with zero attached hydrogens (tertiary/aromatic N) is 4. The zero-order valence-electron chi connectivity index (χ0n) is 20.1. The largest absolute Gasteiger partial charge is 0.321 e. The third-order valence-electron chi connectivity index (χ3n) is 7.46. The molecule has 3 heterocycles. The summed E-state index contributed by atoms with van der Waals surface area (Å²) in [7, 11) is 0. The Labute approximate surface area is 208 Å². The van der Waals surface area contributed by atoms with Gasteiger partial charge in [0.2, 0.25) is 0 Å². The second-order valence-corrected chi connectivity index (χ2v) is 9.89. The summed E-state index contributed by atoms with van der Waals surface area (Å²) < 4.78 is 1.90. The highest BCUT2D eigenvalue weighted by Gasteiger charge is 2.34. The zero-order valence-corrected chi connectivity index (χ0v) is 20.1. The lowest BCUT2D eigenvalue weighted by Crippen LogP contribution is -2.43. The molecule has 0 unspecified atom stereocenters. The van der Waals surface area contributed by atoms with Gasteiger partial charge < -0.3 is 5.73 Å². The molecule has 1 saturated carbocycles. The SMILES string of the molecule is Cc1cc(-c2ccc3c(c2)nn2cc(-c4ccccc4)c(-c4ccc(C5(N)CCC5)cc4)nc32)n[nH]1. The van der Waals surface area contributed by atoms with Crippen molar-refractivity contribution in [2.45, 2.75) is 31.7 Å². The highest BCUT2D eigenvalue weighted by Crippen LogP contribution is 2.40. The van der Waals surface area contributed by atoms with Gasteiger partial charge in [-0.15, -0.1) is 0 Å². The van der Waals surface area contributed by atoms with Crippen LogP contribution in [0, 0.1) is 6.92 Å². The first-order chi connectivity index (χ1) is 17.6. The zero-order chi connectivity index (χ0) is 24.3. The van der Waals surface area contributed by atoms with Crippen LogP contribution in [0.4, 0.5) is 0 Å². The molecule has 36 heavy (non-hydrogen) atoms. The summed E-state index contributed by atoms with van der Waals surface area (Å²) in [6.45, 7) is 2.00. The van der Waals surface area contributed by atoms with Crippen molar-refractivity contribution in [3.05, 3.63) is 96.3 Å². The average Bonchev–Trinajstić information content (AvgIpc) is 3.49. The molecule has 0 bridgehead atoms. The maximum absolute atomic E-state index is 6.58. The Balaban J connectivity index is 1.41. The summed E-state index contributed by atoms with van der Waals surface area (Å²) >= 11 is 0. The van der Waals surface area contributed by atoms with Crippen LogP contribution in [0.25, 0.3) is 50.2 Å². The van der Waals surface area contributed by atoms with Crippen molar-refractivity contribution in [3.8, 4) is 33.6 Å². The monoisotopic (exact) mass is 470 g/mol. The van der Waals surface area contributed by atoms with Gasteiger partial charge in [0.15, 0.2) is 5.65 Å². The van der Waals surface area contributed by atoms with Crippen LogP contribution >= 0.6 is 0 Å². The van der Waals surface area contributed by atoms with Gasteiger partial charge in [-0.2, -0.15) is 10.2 Å². The summed E-state index contributed by atoms with van der Waals surface area (Å²) in [6.07, 6.45) is 5.39. The van der Waals surface area contributed by atoms with E-state index >= 15 is 0 Å². The number of aryl methyl sites for hydroxylation is 1. The molecule has 6 heteroatoms. The summed E-state index contributed by atoms with van der Waals surface area (Å²) in [5, 5.41) is 13.3. The van der Waals surface area contributed by atoms with E-state index in [4.69, 9.17) is 15.8 Å². The van der Waals surface area contributed by atoms with Crippen molar-refractivity contribution >= 4 is 16.6 Å². The van der Waals surface area contributed by atoms with E-state index in [1.54, 1.807) is 0 Å². The fourth-order valence-corrected chi connectivity index (χ4v) is 5.22. The van der Waals surface area contributed by atoms with E-state index in [-0.39, 0.29) is 5.54 Å². The van der Waals surface area contributed by atoms with Gasteiger partial charge in [-0.05, 0) is 55.5 Å². The van der Waals surface area contributed by atoms with E-state index in [0.717, 1.165) is 68.7 Å². The van der Waals surface area contributed by atoms with Crippen molar-refractivity contribution in [1.82, 2.24) is 24.8 Å². The van der Waals surface area contributed by atoms with E-state index in [9.17, 15) is 0 Å². The number of hydrogen-bond acceptors (Lipinski definition) is 4. The van der Waals surface area contributed by atoms with Crippen molar-refractivity contribution in [3.63, 3.8) is 0 Å². The second-order valence-electron chi connectivity index (χ2n) is 9.89. The number of hydrogen-bond donors (Lipinski definition) is 2. The summed E-state index contributed by atoms with van der Waals surface area (Å²) in [6, 6.07) is 27.3. The molecule has 6 nitrogen and oxygen atoms in total. The first-order valence-corrected chi connectivity index (χ1v) is 12.4. The molecule has 1 aliphatic carbocycles. The molecule has 0 aliphatic heterocycles. The number of H-pyrrole nitrogens is 1. The topological polar surface area (TPSA) is 84.9 Å². The number of rotatable bonds is 4. The summed E-state index contributed by atoms with van der Waals surface area (Å²) in [5.41, 5.74) is 16.5. The minimum atomic E-state index is -0.176. The average molecular weight is 471 g/mol. The first kappa shape index (κ1) is 21.0. The summed E-state index contributed by atoms with van der Waals surface area (Å²) in [4.78, 5) is 5.19. The van der Waals surface area contributed by atoms with E-state index in [1.165, 1.54) is 12.0 Å². The maximum Gasteiger partial charge on any atom is 0.163 e. The van der Waals surface area contributed by atoms with Crippen LogP contribution in [-0.2, 0) is 5.54 Å². The van der Waals surface area contributed by atoms with Gasteiger partial charge in [0, 0.05) is 39.5 Å². The number of fused-ring (bicyclic) bond motifs is 3. The van der Waals surface area contributed by atoms with Crippen molar-refractivity contribution in [2.75, 3.05) is 0 Å². The highest BCUT2D eigenvalue weighted by molar-refractivity contribution is 5.96. The van der Waals surface area contributed by atoms with Crippen LogP contribution in [0.3, 0.4) is 0 Å². The standard InChI is InChI=1S/C30H26N6/c1-19-16-26(34-33-19)22-10-13-24-27(17-22)35-36-18-25(20-6-3-2-4-7-20)28(32-29(24)36)21-8-11-23(12-9-21)30(31)14-5-15-30/h2-4,6-13,16-18H,5,14-15,31H2,1H3,(H,33,34). The van der Waals surface area contributed by atoms with Crippen LogP contribution < -0.4 is 5.73 Å². The predicted octanol–water partition coefficient (Wildman–Crippen LogP) is 6.25. The van der Waals surface area contributed by atoms with Crippen LogP contribution in [0.5, 0.6) is 0 Å². The molecule has 0 saturated heterocycles. The lowest BCUT2D eigenvalue weighted by molar-refractivity contribution is 0.253. The molecule has 0 radical (unpaired) electrons. The Kier molecular flexibility index (Phi) is 4.59. The van der Waals surface area contributed by atoms with Gasteiger partial charge in [-0.25, -0.2) is 9.50 Å². The van der Waals surface area contributed by atoms with Crippen molar-refractivity contribution in [2.24, 2.45) is 5.73 Å². The quantitative estimate of drug-likeness (QED) is 0.319. The van der Waals surface area contributed by atoms with E-state index in [2.05, 4.69) is 83.1 Å². The number of nitrogens with one attached hydrogen (secondary N) is 1. The normalized spacial score (nSPS) is 14.8. The number of benzene rings is 3. The summed E-state index contributed by atoms with van der Waals surface area (Å²) in [5.74, 6) is 0. The molecule has 3 N–H and O–H groups in total. The highest BCUT2D eigenvalue weighted by atomic mass is 15.2. The Bertz CT molecular complexity index is 1720. The van der Waals surface area contributed by atoms with Crippen LogP contribution in [-0.4, -0.2) is 24.8 Å². The molecule has 7 rings (SSSR count). The molecule has 3 aromatic carbocycles. The third kappa shape index (κ3) is 3.33. The molecular weight excluding hydrogens is 444 g/mol. The molecule has 1 aliphatic rings. The van der Waals surface area contributed by atoms with Crippen LogP contribution in [0.2, 0.25) is 0 Å². The molecule has 6 aromatic rings. The van der Waals surface area contributed by atoms with Gasteiger partial charge in [0.1, 0.15) is 0 Å². The fraction of sp³-hybridized carbons (Fsp3) is 0.167. The third-order valence-corrected chi connectivity index (χ3v) is 7.46. The lowest BCUT2D eigenvalue weighted by atomic mass is 9.72. The van der Waals surface area contributed by atoms with E-state index in [0.29, 0.717) is 0 Å². The first-order valence-electron chi connectivity index (χ1n) is 12.4. The maximum atomic E-state index is 6.58. The van der Waals surface area contributed by atoms with Gasteiger partial charge in [0.25, 0.3) is 0 Å². The molecule has 1 fully saturated rings. The van der Waals surface area contributed by atoms with Gasteiger partial charge >= 0.3 is 0 Å². The van der Waals surface area contributed by atoms with Crippen molar-refractivity contribution < 1.29 is 0 Å². The molecule has 0 amide bonds. The Morgan fingerprint density at radius 1 is 0.889 bits per heavy atom. The van der Waals surface area contributed by atoms with Gasteiger partial charge in [-0.3, -0.25) is 5.10 Å². The molecule has 3 aromatic heterocycles. The van der Waals surface area contributed by atoms with Gasteiger partial charge in [0.05, 0.1) is 16.9 Å². The minimum absolute atomic E-state index is 0.176. The Hall–Kier alpha value is -4.29. The van der Waals surface area contributed by atoms with Crippen LogP contribution in [0.15, 0.2) is 85.1 Å². The fourth-order valence-electron chi connectivity index (χ4n) is 5.22. The second kappa shape index (κ2) is 7.86. The molecule has 176 valence electrons. The van der Waals surface area contributed by atoms with Crippen molar-refractivity contribution in [1.29, 1.82) is 0 Å². The smallest absolute Gasteiger partial charge is 0.163 e. The van der Waals surface area contributed by atoms with E-state index < -0.39 is 0 Å². The Morgan fingerprint density at radius 2 is 1.67 bits per heavy atom. The lowest BCUT2D eigenvalue weighted by Gasteiger charge is -2.38. The number of aromatic amines is 1. The molecule has 0 spiro atoms.